The van der Waals surface area contributed by atoms with Gasteiger partial charge in [0.1, 0.15) is 5.01 Å². The number of amides is 1. The number of hydrogen-bond acceptors (Lipinski definition) is 4. The first-order valence-corrected chi connectivity index (χ1v) is 5.87. The highest BCUT2D eigenvalue weighted by molar-refractivity contribution is 7.09. The minimum Gasteiger partial charge on any atom is -0.398 e. The molecular weight excluding hydrogens is 260 g/mol. The minimum atomic E-state index is -1.11. The van der Waals surface area contributed by atoms with Gasteiger partial charge in [0.25, 0.3) is 5.91 Å². The predicted octanol–water partition coefficient (Wildman–Crippen LogP) is 1.93. The van der Waals surface area contributed by atoms with Crippen LogP contribution in [0, 0.1) is 11.6 Å². The molecule has 94 valence electrons. The van der Waals surface area contributed by atoms with Gasteiger partial charge in [0.05, 0.1) is 12.1 Å². The molecule has 1 aromatic carbocycles. The Balaban J connectivity index is 2.11. The minimum absolute atomic E-state index is 0.0922. The first kappa shape index (κ1) is 12.4. The van der Waals surface area contributed by atoms with Gasteiger partial charge in [-0.1, -0.05) is 0 Å². The summed E-state index contributed by atoms with van der Waals surface area (Å²) in [6.07, 6.45) is 1.61. The van der Waals surface area contributed by atoms with Crippen molar-refractivity contribution >= 4 is 22.9 Å². The first-order valence-electron chi connectivity index (χ1n) is 4.99. The molecule has 0 saturated carbocycles. The van der Waals surface area contributed by atoms with Gasteiger partial charge >= 0.3 is 0 Å². The lowest BCUT2D eigenvalue weighted by Crippen LogP contribution is -2.24. The average molecular weight is 269 g/mol. The van der Waals surface area contributed by atoms with Crippen LogP contribution in [0.1, 0.15) is 15.4 Å². The van der Waals surface area contributed by atoms with Gasteiger partial charge < -0.3 is 11.1 Å². The number of thiazole rings is 1. The Morgan fingerprint density at radius 1 is 1.39 bits per heavy atom. The highest BCUT2D eigenvalue weighted by Gasteiger charge is 2.14. The standard InChI is InChI=1S/C11H9F2N3OS/c12-7-3-6(9(14)4-8(7)13)11(17)16-5-10-15-1-2-18-10/h1-4H,5,14H2,(H,16,17). The molecule has 0 saturated heterocycles. The first-order chi connectivity index (χ1) is 8.58. The lowest BCUT2D eigenvalue weighted by atomic mass is 10.1. The van der Waals surface area contributed by atoms with Gasteiger partial charge in [0.2, 0.25) is 0 Å². The molecular formula is C11H9F2N3OS. The van der Waals surface area contributed by atoms with Crippen molar-refractivity contribution in [1.82, 2.24) is 10.3 Å². The molecule has 0 unspecified atom stereocenters. The number of aromatic nitrogens is 1. The Bertz CT molecular complexity index is 572. The molecule has 2 aromatic rings. The van der Waals surface area contributed by atoms with Crippen molar-refractivity contribution in [2.24, 2.45) is 0 Å². The summed E-state index contributed by atoms with van der Waals surface area (Å²) in [7, 11) is 0. The van der Waals surface area contributed by atoms with E-state index < -0.39 is 17.5 Å². The second-order valence-corrected chi connectivity index (χ2v) is 4.44. The molecule has 0 aliphatic rings. The van der Waals surface area contributed by atoms with E-state index in [1.54, 1.807) is 11.6 Å². The van der Waals surface area contributed by atoms with Crippen LogP contribution in [0.4, 0.5) is 14.5 Å². The van der Waals surface area contributed by atoms with Crippen LogP contribution in [0.5, 0.6) is 0 Å². The normalized spacial score (nSPS) is 10.3. The molecule has 7 heteroatoms. The number of benzene rings is 1. The molecule has 0 radical (unpaired) electrons. The smallest absolute Gasteiger partial charge is 0.253 e. The zero-order chi connectivity index (χ0) is 13.1. The van der Waals surface area contributed by atoms with Gasteiger partial charge in [-0.15, -0.1) is 11.3 Å². The van der Waals surface area contributed by atoms with E-state index in [1.807, 2.05) is 0 Å². The molecule has 0 aliphatic heterocycles. The fourth-order valence-electron chi connectivity index (χ4n) is 1.35. The van der Waals surface area contributed by atoms with Crippen molar-refractivity contribution in [3.8, 4) is 0 Å². The van der Waals surface area contributed by atoms with Gasteiger partial charge in [0.15, 0.2) is 11.6 Å². The topological polar surface area (TPSA) is 68.0 Å². The molecule has 3 N–H and O–H groups in total. The Morgan fingerprint density at radius 3 is 2.78 bits per heavy atom. The SMILES string of the molecule is Nc1cc(F)c(F)cc1C(=O)NCc1nccs1. The van der Waals surface area contributed by atoms with Crippen molar-refractivity contribution < 1.29 is 13.6 Å². The summed E-state index contributed by atoms with van der Waals surface area (Å²) in [5.74, 6) is -2.76. The number of hydrogen-bond donors (Lipinski definition) is 2. The van der Waals surface area contributed by atoms with E-state index >= 15 is 0 Å². The lowest BCUT2D eigenvalue weighted by Gasteiger charge is -2.06. The Kier molecular flexibility index (Phi) is 3.52. The molecule has 18 heavy (non-hydrogen) atoms. The van der Waals surface area contributed by atoms with Gasteiger partial charge in [-0.2, -0.15) is 0 Å². The maximum atomic E-state index is 13.0. The molecule has 0 bridgehead atoms. The van der Waals surface area contributed by atoms with Crippen molar-refractivity contribution in [2.45, 2.75) is 6.54 Å². The van der Waals surface area contributed by atoms with E-state index in [2.05, 4.69) is 10.3 Å². The third kappa shape index (κ3) is 2.62. The zero-order valence-electron chi connectivity index (χ0n) is 9.11. The number of nitrogens with zero attached hydrogens (tertiary/aromatic N) is 1. The third-order valence-corrected chi connectivity index (χ3v) is 3.00. The van der Waals surface area contributed by atoms with Crippen molar-refractivity contribution in [3.63, 3.8) is 0 Å². The number of carbonyl (C=O) groups excluding carboxylic acids is 1. The van der Waals surface area contributed by atoms with E-state index in [4.69, 9.17) is 5.73 Å². The van der Waals surface area contributed by atoms with Crippen LogP contribution in [0.2, 0.25) is 0 Å². The number of nitrogen functional groups attached to an aromatic ring is 1. The summed E-state index contributed by atoms with van der Waals surface area (Å²) in [5, 5.41) is 5.01. The van der Waals surface area contributed by atoms with Crippen LogP contribution in [0.3, 0.4) is 0 Å². The quantitative estimate of drug-likeness (QED) is 0.837. The highest BCUT2D eigenvalue weighted by atomic mass is 32.1. The van der Waals surface area contributed by atoms with Gasteiger partial charge in [-0.05, 0) is 6.07 Å². The second kappa shape index (κ2) is 5.09. The van der Waals surface area contributed by atoms with Crippen molar-refractivity contribution in [1.29, 1.82) is 0 Å². The average Bonchev–Trinajstić information content (AvgIpc) is 2.84. The van der Waals surface area contributed by atoms with Crippen molar-refractivity contribution in [2.75, 3.05) is 5.73 Å². The Morgan fingerprint density at radius 2 is 2.11 bits per heavy atom. The summed E-state index contributed by atoms with van der Waals surface area (Å²) in [6.45, 7) is 0.217. The van der Waals surface area contributed by atoms with Crippen LogP contribution in [-0.2, 0) is 6.54 Å². The predicted molar refractivity (Wildman–Crippen MR) is 64.1 cm³/mol. The summed E-state index contributed by atoms with van der Waals surface area (Å²) in [4.78, 5) is 15.7. The zero-order valence-corrected chi connectivity index (χ0v) is 9.93. The maximum absolute atomic E-state index is 13.0. The Labute approximate surface area is 105 Å². The van der Waals surface area contributed by atoms with Crippen LogP contribution in [-0.4, -0.2) is 10.9 Å². The fraction of sp³-hybridized carbons (Fsp3) is 0.0909. The number of carbonyl (C=O) groups is 1. The number of halogens is 2. The van der Waals surface area contributed by atoms with Crippen LogP contribution in [0.25, 0.3) is 0 Å². The van der Waals surface area contributed by atoms with E-state index in [0.29, 0.717) is 5.01 Å². The van der Waals surface area contributed by atoms with E-state index in [1.165, 1.54) is 11.3 Å². The molecule has 1 amide bonds. The van der Waals surface area contributed by atoms with Gasteiger partial charge in [0, 0.05) is 23.3 Å². The Hall–Kier alpha value is -2.02. The van der Waals surface area contributed by atoms with Crippen molar-refractivity contribution in [3.05, 3.63) is 45.9 Å². The summed E-state index contributed by atoms with van der Waals surface area (Å²) in [5.41, 5.74) is 5.26. The maximum Gasteiger partial charge on any atom is 0.253 e. The lowest BCUT2D eigenvalue weighted by molar-refractivity contribution is 0.0951. The second-order valence-electron chi connectivity index (χ2n) is 3.46. The van der Waals surface area contributed by atoms with Crippen LogP contribution < -0.4 is 11.1 Å². The molecule has 2 rings (SSSR count). The monoisotopic (exact) mass is 269 g/mol. The molecule has 1 heterocycles. The van der Waals surface area contributed by atoms with Crippen LogP contribution >= 0.6 is 11.3 Å². The number of anilines is 1. The molecule has 1 aromatic heterocycles. The summed E-state index contributed by atoms with van der Waals surface area (Å²) < 4.78 is 25.8. The molecule has 0 spiro atoms. The summed E-state index contributed by atoms with van der Waals surface area (Å²) >= 11 is 1.38. The molecule has 0 atom stereocenters. The fourth-order valence-corrected chi connectivity index (χ4v) is 1.91. The van der Waals surface area contributed by atoms with Gasteiger partial charge in [-0.3, -0.25) is 4.79 Å². The largest absolute Gasteiger partial charge is 0.398 e. The van der Waals surface area contributed by atoms with E-state index in [0.717, 1.165) is 12.1 Å². The number of nitrogens with one attached hydrogen (secondary N) is 1. The molecule has 0 aliphatic carbocycles. The highest BCUT2D eigenvalue weighted by Crippen LogP contribution is 2.17. The van der Waals surface area contributed by atoms with Crippen LogP contribution in [0.15, 0.2) is 23.7 Å². The third-order valence-electron chi connectivity index (χ3n) is 2.22. The summed E-state index contributed by atoms with van der Waals surface area (Å²) in [6, 6.07) is 1.56. The number of nitrogens with two attached hydrogens (primary N) is 1. The number of rotatable bonds is 3. The van der Waals surface area contributed by atoms with E-state index in [9.17, 15) is 13.6 Å². The molecule has 4 nitrogen and oxygen atoms in total. The molecule has 0 fully saturated rings. The van der Waals surface area contributed by atoms with E-state index in [-0.39, 0.29) is 17.8 Å². The van der Waals surface area contributed by atoms with Gasteiger partial charge in [-0.25, -0.2) is 13.8 Å².